The van der Waals surface area contributed by atoms with E-state index in [2.05, 4.69) is 26.2 Å². The SMILES string of the molecule is Cc1ccc(CNC(=O)c2cn3c(=O)n(Cc4ccc(Cl)c(Br)c4)c(=O)c(C)c3s2)cn1. The number of thiazole rings is 1. The number of carbonyl (C=O) groups excluding carboxylic acids is 1. The molecule has 164 valence electrons. The highest BCUT2D eigenvalue weighted by Gasteiger charge is 2.18. The van der Waals surface area contributed by atoms with Gasteiger partial charge in [-0.1, -0.05) is 23.7 Å². The number of hydrogen-bond acceptors (Lipinski definition) is 5. The molecule has 32 heavy (non-hydrogen) atoms. The second-order valence-electron chi connectivity index (χ2n) is 7.31. The van der Waals surface area contributed by atoms with E-state index >= 15 is 0 Å². The van der Waals surface area contributed by atoms with Gasteiger partial charge in [-0.2, -0.15) is 0 Å². The number of fused-ring (bicyclic) bond motifs is 1. The van der Waals surface area contributed by atoms with Crippen LogP contribution in [0.3, 0.4) is 0 Å². The predicted octanol–water partition coefficient (Wildman–Crippen LogP) is 3.93. The van der Waals surface area contributed by atoms with E-state index in [1.165, 1.54) is 10.6 Å². The minimum Gasteiger partial charge on any atom is -0.347 e. The lowest BCUT2D eigenvalue weighted by atomic mass is 10.2. The molecule has 1 aromatic carbocycles. The summed E-state index contributed by atoms with van der Waals surface area (Å²) in [4.78, 5) is 43.6. The second kappa shape index (κ2) is 9.01. The number of carbonyl (C=O) groups is 1. The highest BCUT2D eigenvalue weighted by atomic mass is 79.9. The van der Waals surface area contributed by atoms with Gasteiger partial charge in [0.2, 0.25) is 0 Å². The summed E-state index contributed by atoms with van der Waals surface area (Å²) in [5.74, 6) is -0.321. The van der Waals surface area contributed by atoms with Crippen LogP contribution in [0.25, 0.3) is 4.83 Å². The maximum Gasteiger partial charge on any atom is 0.336 e. The van der Waals surface area contributed by atoms with Gasteiger partial charge >= 0.3 is 5.69 Å². The number of amides is 1. The number of nitrogens with one attached hydrogen (secondary N) is 1. The zero-order chi connectivity index (χ0) is 23.0. The summed E-state index contributed by atoms with van der Waals surface area (Å²) >= 11 is 10.5. The first kappa shape index (κ1) is 22.4. The lowest BCUT2D eigenvalue weighted by molar-refractivity contribution is 0.0954. The van der Waals surface area contributed by atoms with Crippen LogP contribution in [0.15, 0.2) is 56.8 Å². The molecule has 0 unspecified atom stereocenters. The maximum absolute atomic E-state index is 13.1. The molecule has 7 nitrogen and oxygen atoms in total. The van der Waals surface area contributed by atoms with Gasteiger partial charge < -0.3 is 5.32 Å². The number of aryl methyl sites for hydroxylation is 2. The predicted molar refractivity (Wildman–Crippen MR) is 129 cm³/mol. The molecular formula is C22H18BrClN4O3S. The Morgan fingerprint density at radius 2 is 1.94 bits per heavy atom. The fourth-order valence-corrected chi connectivity index (χ4v) is 4.75. The van der Waals surface area contributed by atoms with Gasteiger partial charge in [0.1, 0.15) is 9.71 Å². The number of rotatable bonds is 5. The van der Waals surface area contributed by atoms with E-state index in [9.17, 15) is 14.4 Å². The molecule has 1 amide bonds. The molecule has 10 heteroatoms. The Bertz CT molecular complexity index is 1460. The van der Waals surface area contributed by atoms with Crippen LogP contribution in [0, 0.1) is 13.8 Å². The van der Waals surface area contributed by atoms with Crippen LogP contribution in [0.5, 0.6) is 0 Å². The fourth-order valence-electron chi connectivity index (χ4n) is 3.20. The lowest BCUT2D eigenvalue weighted by Crippen LogP contribution is -2.38. The smallest absolute Gasteiger partial charge is 0.336 e. The van der Waals surface area contributed by atoms with Gasteiger partial charge in [-0.25, -0.2) is 4.79 Å². The summed E-state index contributed by atoms with van der Waals surface area (Å²) < 4.78 is 3.19. The number of nitrogens with zero attached hydrogens (tertiary/aromatic N) is 3. The summed E-state index contributed by atoms with van der Waals surface area (Å²) in [6.45, 7) is 3.95. The van der Waals surface area contributed by atoms with E-state index in [1.807, 2.05) is 19.1 Å². The highest BCUT2D eigenvalue weighted by molar-refractivity contribution is 9.10. The molecule has 0 aliphatic rings. The van der Waals surface area contributed by atoms with Crippen molar-refractivity contribution in [1.29, 1.82) is 0 Å². The Kier molecular flexibility index (Phi) is 6.32. The van der Waals surface area contributed by atoms with E-state index in [4.69, 9.17) is 11.6 Å². The van der Waals surface area contributed by atoms with Gasteiger partial charge in [-0.3, -0.25) is 23.5 Å². The Morgan fingerprint density at radius 1 is 1.19 bits per heavy atom. The number of halogens is 2. The topological polar surface area (TPSA) is 85.5 Å². The lowest BCUT2D eigenvalue weighted by Gasteiger charge is -2.08. The molecule has 0 radical (unpaired) electrons. The van der Waals surface area contributed by atoms with Crippen LogP contribution in [0.1, 0.15) is 32.1 Å². The zero-order valence-electron chi connectivity index (χ0n) is 17.2. The first-order valence-electron chi connectivity index (χ1n) is 9.64. The quantitative estimate of drug-likeness (QED) is 0.421. The summed E-state index contributed by atoms with van der Waals surface area (Å²) in [5.41, 5.74) is 2.03. The van der Waals surface area contributed by atoms with Crippen molar-refractivity contribution in [2.45, 2.75) is 26.9 Å². The molecule has 0 spiro atoms. The van der Waals surface area contributed by atoms with E-state index in [0.29, 0.717) is 31.3 Å². The average molecular weight is 534 g/mol. The van der Waals surface area contributed by atoms with Crippen molar-refractivity contribution >= 4 is 49.6 Å². The van der Waals surface area contributed by atoms with Crippen LogP contribution in [0.2, 0.25) is 5.02 Å². The number of aromatic nitrogens is 3. The third-order valence-electron chi connectivity index (χ3n) is 4.97. The standard InChI is InChI=1S/C22H18BrClN4O3S/c1-12-3-4-15(8-25-12)9-26-19(29)18-11-28-21(32-18)13(2)20(30)27(22(28)31)10-14-5-6-17(24)16(23)7-14/h3-8,11H,9-10H2,1-2H3,(H,26,29). The number of benzene rings is 1. The number of pyridine rings is 1. The van der Waals surface area contributed by atoms with Crippen molar-refractivity contribution < 1.29 is 4.79 Å². The molecule has 0 aliphatic heterocycles. The van der Waals surface area contributed by atoms with Crippen molar-refractivity contribution in [2.24, 2.45) is 0 Å². The fraction of sp³-hybridized carbons (Fsp3) is 0.182. The zero-order valence-corrected chi connectivity index (χ0v) is 20.3. The van der Waals surface area contributed by atoms with E-state index in [0.717, 1.165) is 32.7 Å². The van der Waals surface area contributed by atoms with E-state index in [1.54, 1.807) is 31.3 Å². The Hall–Kier alpha value is -2.75. The van der Waals surface area contributed by atoms with Crippen molar-refractivity contribution in [3.8, 4) is 0 Å². The van der Waals surface area contributed by atoms with Crippen LogP contribution >= 0.6 is 38.9 Å². The summed E-state index contributed by atoms with van der Waals surface area (Å²) in [6, 6.07) is 8.99. The normalized spacial score (nSPS) is 11.1. The molecule has 0 aliphatic carbocycles. The molecule has 0 fully saturated rings. The Labute approximate surface area is 200 Å². The largest absolute Gasteiger partial charge is 0.347 e. The van der Waals surface area contributed by atoms with Crippen molar-refractivity contribution in [3.63, 3.8) is 0 Å². The minimum absolute atomic E-state index is 0.0923. The molecule has 4 aromatic rings. The van der Waals surface area contributed by atoms with Gasteiger partial charge in [0.15, 0.2) is 0 Å². The van der Waals surface area contributed by atoms with Gasteiger partial charge in [0.05, 0.1) is 11.6 Å². The molecule has 0 bridgehead atoms. The summed E-state index contributed by atoms with van der Waals surface area (Å²) in [7, 11) is 0. The van der Waals surface area contributed by atoms with Crippen LogP contribution in [-0.4, -0.2) is 19.9 Å². The van der Waals surface area contributed by atoms with E-state index < -0.39 is 5.69 Å². The van der Waals surface area contributed by atoms with Crippen molar-refractivity contribution in [1.82, 2.24) is 19.3 Å². The van der Waals surface area contributed by atoms with Crippen LogP contribution in [0.4, 0.5) is 0 Å². The Morgan fingerprint density at radius 3 is 2.62 bits per heavy atom. The third kappa shape index (κ3) is 4.41. The average Bonchev–Trinajstić information content (AvgIpc) is 3.23. The molecule has 4 rings (SSSR count). The monoisotopic (exact) mass is 532 g/mol. The first-order chi connectivity index (χ1) is 15.2. The molecule has 1 N–H and O–H groups in total. The molecule has 0 atom stereocenters. The number of hydrogen-bond donors (Lipinski definition) is 1. The van der Waals surface area contributed by atoms with Crippen molar-refractivity contribution in [2.75, 3.05) is 0 Å². The van der Waals surface area contributed by atoms with Crippen LogP contribution in [-0.2, 0) is 13.1 Å². The molecule has 0 saturated carbocycles. The van der Waals surface area contributed by atoms with Gasteiger partial charge in [0.25, 0.3) is 11.5 Å². The Balaban J connectivity index is 1.65. The van der Waals surface area contributed by atoms with Gasteiger partial charge in [-0.15, -0.1) is 11.3 Å². The third-order valence-corrected chi connectivity index (χ3v) is 7.39. The first-order valence-corrected chi connectivity index (χ1v) is 11.6. The van der Waals surface area contributed by atoms with Crippen molar-refractivity contribution in [3.05, 3.63) is 100 Å². The molecular weight excluding hydrogens is 516 g/mol. The second-order valence-corrected chi connectivity index (χ2v) is 9.60. The van der Waals surface area contributed by atoms with Gasteiger partial charge in [-0.05, 0) is 59.1 Å². The maximum atomic E-state index is 13.1. The molecule has 3 heterocycles. The van der Waals surface area contributed by atoms with Gasteiger partial charge in [0, 0.05) is 34.7 Å². The van der Waals surface area contributed by atoms with E-state index in [-0.39, 0.29) is 18.0 Å². The highest BCUT2D eigenvalue weighted by Crippen LogP contribution is 2.23. The minimum atomic E-state index is -0.500. The molecule has 0 saturated heterocycles. The summed E-state index contributed by atoms with van der Waals surface area (Å²) in [5, 5.41) is 3.37. The molecule has 3 aromatic heterocycles. The van der Waals surface area contributed by atoms with Crippen LogP contribution < -0.4 is 16.6 Å². The summed E-state index contributed by atoms with van der Waals surface area (Å²) in [6.07, 6.45) is 3.18.